The van der Waals surface area contributed by atoms with Gasteiger partial charge in [-0.05, 0) is 58.2 Å². The second kappa shape index (κ2) is 8.14. The number of carbonyl (C=O) groups is 1. The van der Waals surface area contributed by atoms with E-state index in [1.807, 2.05) is 6.92 Å². The van der Waals surface area contributed by atoms with Crippen LogP contribution in [0.5, 0.6) is 0 Å². The van der Waals surface area contributed by atoms with Gasteiger partial charge in [-0.15, -0.1) is 0 Å². The standard InChI is InChI=1S/C17H32N2O2/c1-4-16(21-15-7-5-6-13(2)12-15)17(20)18-14-8-10-19(3)11-9-14/h13-16H,4-12H2,1-3H3,(H,18,20). The van der Waals surface area contributed by atoms with E-state index >= 15 is 0 Å². The Morgan fingerprint density at radius 3 is 2.62 bits per heavy atom. The van der Waals surface area contributed by atoms with E-state index in [0.717, 1.165) is 51.1 Å². The van der Waals surface area contributed by atoms with Crippen molar-refractivity contribution in [1.29, 1.82) is 0 Å². The van der Waals surface area contributed by atoms with E-state index in [2.05, 4.69) is 24.2 Å². The zero-order chi connectivity index (χ0) is 15.2. The largest absolute Gasteiger partial charge is 0.365 e. The number of carbonyl (C=O) groups excluding carboxylic acids is 1. The van der Waals surface area contributed by atoms with E-state index < -0.39 is 0 Å². The maximum atomic E-state index is 12.4. The molecule has 0 aromatic carbocycles. The van der Waals surface area contributed by atoms with Crippen molar-refractivity contribution in [3.05, 3.63) is 0 Å². The van der Waals surface area contributed by atoms with E-state index in [9.17, 15) is 4.79 Å². The molecule has 4 nitrogen and oxygen atoms in total. The first-order valence-electron chi connectivity index (χ1n) is 8.72. The predicted octanol–water partition coefficient (Wildman–Crippen LogP) is 2.57. The van der Waals surface area contributed by atoms with Crippen LogP contribution < -0.4 is 5.32 Å². The number of nitrogens with one attached hydrogen (secondary N) is 1. The number of ether oxygens (including phenoxy) is 1. The van der Waals surface area contributed by atoms with Gasteiger partial charge in [-0.1, -0.05) is 26.7 Å². The van der Waals surface area contributed by atoms with Gasteiger partial charge in [0.05, 0.1) is 6.10 Å². The molecule has 0 aromatic heterocycles. The lowest BCUT2D eigenvalue weighted by Crippen LogP contribution is -2.48. The smallest absolute Gasteiger partial charge is 0.249 e. The highest BCUT2D eigenvalue weighted by Gasteiger charge is 2.27. The first-order chi connectivity index (χ1) is 10.1. The normalized spacial score (nSPS) is 30.0. The van der Waals surface area contributed by atoms with Gasteiger partial charge in [0.25, 0.3) is 0 Å². The monoisotopic (exact) mass is 296 g/mol. The van der Waals surface area contributed by atoms with Crippen molar-refractivity contribution in [3.8, 4) is 0 Å². The van der Waals surface area contributed by atoms with Gasteiger partial charge in [-0.3, -0.25) is 4.79 Å². The number of amides is 1. The predicted molar refractivity (Wildman–Crippen MR) is 85.2 cm³/mol. The van der Waals surface area contributed by atoms with E-state index in [4.69, 9.17) is 4.74 Å². The van der Waals surface area contributed by atoms with Crippen LogP contribution in [0.25, 0.3) is 0 Å². The lowest BCUT2D eigenvalue weighted by atomic mass is 9.88. The van der Waals surface area contributed by atoms with E-state index in [1.165, 1.54) is 12.8 Å². The van der Waals surface area contributed by atoms with Crippen molar-refractivity contribution in [1.82, 2.24) is 10.2 Å². The summed E-state index contributed by atoms with van der Waals surface area (Å²) in [6.07, 6.45) is 7.65. The summed E-state index contributed by atoms with van der Waals surface area (Å²) in [5.41, 5.74) is 0. The van der Waals surface area contributed by atoms with Crippen LogP contribution in [0, 0.1) is 5.92 Å². The number of piperidine rings is 1. The molecule has 1 saturated carbocycles. The quantitative estimate of drug-likeness (QED) is 0.848. The van der Waals surface area contributed by atoms with Gasteiger partial charge >= 0.3 is 0 Å². The highest BCUT2D eigenvalue weighted by atomic mass is 16.5. The molecule has 2 fully saturated rings. The fourth-order valence-corrected chi connectivity index (χ4v) is 3.52. The molecule has 2 aliphatic rings. The summed E-state index contributed by atoms with van der Waals surface area (Å²) >= 11 is 0. The number of hydrogen-bond acceptors (Lipinski definition) is 3. The average molecular weight is 296 g/mol. The summed E-state index contributed by atoms with van der Waals surface area (Å²) in [6, 6.07) is 0.330. The van der Waals surface area contributed by atoms with Gasteiger partial charge in [0, 0.05) is 6.04 Å². The molecule has 0 bridgehead atoms. The van der Waals surface area contributed by atoms with Crippen LogP contribution in [0.2, 0.25) is 0 Å². The van der Waals surface area contributed by atoms with E-state index in [-0.39, 0.29) is 18.1 Å². The molecule has 4 heteroatoms. The lowest BCUT2D eigenvalue weighted by Gasteiger charge is -2.32. The number of likely N-dealkylation sites (tertiary alicyclic amines) is 1. The topological polar surface area (TPSA) is 41.6 Å². The molecule has 1 aliphatic heterocycles. The van der Waals surface area contributed by atoms with Crippen LogP contribution in [0.1, 0.15) is 58.8 Å². The molecule has 0 spiro atoms. The Bertz CT molecular complexity index is 327. The van der Waals surface area contributed by atoms with Crippen LogP contribution in [0.15, 0.2) is 0 Å². The van der Waals surface area contributed by atoms with Gasteiger partial charge in [0.15, 0.2) is 0 Å². The number of rotatable bonds is 5. The second-order valence-corrected chi connectivity index (χ2v) is 7.01. The third-order valence-corrected chi connectivity index (χ3v) is 4.97. The molecule has 1 aliphatic carbocycles. The Balaban J connectivity index is 1.78. The zero-order valence-corrected chi connectivity index (χ0v) is 13.9. The van der Waals surface area contributed by atoms with Crippen LogP contribution in [-0.2, 0) is 9.53 Å². The Labute approximate surface area is 129 Å². The molecular formula is C17H32N2O2. The van der Waals surface area contributed by atoms with Crippen molar-refractivity contribution >= 4 is 5.91 Å². The Kier molecular flexibility index (Phi) is 6.49. The van der Waals surface area contributed by atoms with Crippen molar-refractivity contribution in [2.24, 2.45) is 5.92 Å². The summed E-state index contributed by atoms with van der Waals surface area (Å²) < 4.78 is 6.11. The highest BCUT2D eigenvalue weighted by molar-refractivity contribution is 5.81. The molecule has 0 radical (unpaired) electrons. The maximum absolute atomic E-state index is 12.4. The van der Waals surface area contributed by atoms with Gasteiger partial charge in [0.2, 0.25) is 5.91 Å². The first kappa shape index (κ1) is 16.8. The molecule has 0 aromatic rings. The van der Waals surface area contributed by atoms with Crippen LogP contribution in [-0.4, -0.2) is 49.2 Å². The van der Waals surface area contributed by atoms with Gasteiger partial charge in [0.1, 0.15) is 6.10 Å². The minimum atomic E-state index is -0.264. The maximum Gasteiger partial charge on any atom is 0.249 e. The summed E-state index contributed by atoms with van der Waals surface area (Å²) in [5, 5.41) is 3.20. The third kappa shape index (κ3) is 5.26. The van der Waals surface area contributed by atoms with Crippen molar-refractivity contribution < 1.29 is 9.53 Å². The van der Waals surface area contributed by atoms with Crippen molar-refractivity contribution in [2.45, 2.75) is 77.0 Å². The fraction of sp³-hybridized carbons (Fsp3) is 0.941. The molecule has 1 amide bonds. The van der Waals surface area contributed by atoms with Gasteiger partial charge in [-0.25, -0.2) is 0 Å². The molecule has 1 heterocycles. The van der Waals surface area contributed by atoms with Crippen LogP contribution >= 0.6 is 0 Å². The Morgan fingerprint density at radius 1 is 1.29 bits per heavy atom. The molecule has 3 unspecified atom stereocenters. The summed E-state index contributed by atoms with van der Waals surface area (Å²) in [5.74, 6) is 0.837. The average Bonchev–Trinajstić information content (AvgIpc) is 2.47. The minimum absolute atomic E-state index is 0.102. The molecule has 3 atom stereocenters. The second-order valence-electron chi connectivity index (χ2n) is 7.01. The Hall–Kier alpha value is -0.610. The number of hydrogen-bond donors (Lipinski definition) is 1. The van der Waals surface area contributed by atoms with Gasteiger partial charge in [-0.2, -0.15) is 0 Å². The highest BCUT2D eigenvalue weighted by Crippen LogP contribution is 2.27. The lowest BCUT2D eigenvalue weighted by molar-refractivity contribution is -0.140. The van der Waals surface area contributed by atoms with E-state index in [0.29, 0.717) is 6.04 Å². The number of nitrogens with zero attached hydrogens (tertiary/aromatic N) is 1. The minimum Gasteiger partial charge on any atom is -0.365 e. The molecule has 2 rings (SSSR count). The summed E-state index contributed by atoms with van der Waals surface area (Å²) in [7, 11) is 2.14. The molecule has 1 N–H and O–H groups in total. The fourth-order valence-electron chi connectivity index (χ4n) is 3.52. The summed E-state index contributed by atoms with van der Waals surface area (Å²) in [4.78, 5) is 14.7. The van der Waals surface area contributed by atoms with Crippen LogP contribution in [0.3, 0.4) is 0 Å². The molecule has 122 valence electrons. The first-order valence-corrected chi connectivity index (χ1v) is 8.72. The zero-order valence-electron chi connectivity index (χ0n) is 13.9. The SMILES string of the molecule is CCC(OC1CCCC(C)C1)C(=O)NC1CCN(C)CC1. The molecule has 21 heavy (non-hydrogen) atoms. The third-order valence-electron chi connectivity index (χ3n) is 4.97. The summed E-state index contributed by atoms with van der Waals surface area (Å²) in [6.45, 7) is 6.48. The van der Waals surface area contributed by atoms with E-state index in [1.54, 1.807) is 0 Å². The van der Waals surface area contributed by atoms with Gasteiger partial charge < -0.3 is 15.0 Å². The van der Waals surface area contributed by atoms with Crippen molar-refractivity contribution in [3.63, 3.8) is 0 Å². The molecule has 1 saturated heterocycles. The molecular weight excluding hydrogens is 264 g/mol. The van der Waals surface area contributed by atoms with Crippen LogP contribution in [0.4, 0.5) is 0 Å². The Morgan fingerprint density at radius 2 is 2.00 bits per heavy atom. The van der Waals surface area contributed by atoms with Crippen molar-refractivity contribution in [2.75, 3.05) is 20.1 Å².